The molecule has 0 N–H and O–H groups in total. The first-order valence-electron chi connectivity index (χ1n) is 8.59. The minimum absolute atomic E-state index is 0.0609. The zero-order valence-corrected chi connectivity index (χ0v) is 15.2. The second kappa shape index (κ2) is 6.36. The number of amides is 1. The lowest BCUT2D eigenvalue weighted by molar-refractivity contribution is -0.119. The summed E-state index contributed by atoms with van der Waals surface area (Å²) in [6.07, 6.45) is 1.84. The van der Waals surface area contributed by atoms with Crippen LogP contribution in [-0.2, 0) is 4.79 Å². The molecule has 2 unspecified atom stereocenters. The number of methoxy groups -OCH3 is 1. The van der Waals surface area contributed by atoms with Gasteiger partial charge in [-0.2, -0.15) is 0 Å². The number of aryl methyl sites for hydroxylation is 1. The fraction of sp³-hybridized carbons (Fsp3) is 0.350. The standard InChI is InChI=1S/C20H21ClN2O2/c1-13-5-3-6-14(11-13)19-22-10-4-7-16(22)20(24)23(19)17-12-15(21)8-9-18(17)25-2/h3,5-6,8-9,11-12,16,19H,4,7,10H2,1-2H3. The van der Waals surface area contributed by atoms with E-state index < -0.39 is 0 Å². The minimum atomic E-state index is -0.118. The number of ether oxygens (including phenoxy) is 1. The maximum absolute atomic E-state index is 13.2. The Hall–Kier alpha value is -2.04. The van der Waals surface area contributed by atoms with E-state index in [1.54, 1.807) is 13.2 Å². The van der Waals surface area contributed by atoms with Gasteiger partial charge in [0.1, 0.15) is 11.9 Å². The van der Waals surface area contributed by atoms with Gasteiger partial charge in [-0.05, 0) is 43.5 Å². The van der Waals surface area contributed by atoms with E-state index in [-0.39, 0.29) is 18.1 Å². The molecule has 25 heavy (non-hydrogen) atoms. The average Bonchev–Trinajstić information content (AvgIpc) is 3.17. The van der Waals surface area contributed by atoms with E-state index in [4.69, 9.17) is 16.3 Å². The summed E-state index contributed by atoms with van der Waals surface area (Å²) in [7, 11) is 1.62. The second-order valence-corrected chi connectivity index (χ2v) is 7.14. The Balaban J connectivity index is 1.87. The van der Waals surface area contributed by atoms with E-state index in [9.17, 15) is 4.79 Å². The average molecular weight is 357 g/mol. The van der Waals surface area contributed by atoms with Gasteiger partial charge in [-0.1, -0.05) is 41.4 Å². The minimum Gasteiger partial charge on any atom is -0.495 e. The third-order valence-electron chi connectivity index (χ3n) is 5.12. The quantitative estimate of drug-likeness (QED) is 0.827. The van der Waals surface area contributed by atoms with E-state index in [0.717, 1.165) is 30.6 Å². The molecule has 2 aromatic rings. The number of fused-ring (bicyclic) bond motifs is 1. The van der Waals surface area contributed by atoms with Gasteiger partial charge in [0, 0.05) is 11.6 Å². The highest BCUT2D eigenvalue weighted by molar-refractivity contribution is 6.31. The Morgan fingerprint density at radius 2 is 2.04 bits per heavy atom. The lowest BCUT2D eigenvalue weighted by Crippen LogP contribution is -2.32. The molecule has 2 aliphatic rings. The van der Waals surface area contributed by atoms with Crippen molar-refractivity contribution in [3.8, 4) is 5.75 Å². The number of hydrogen-bond donors (Lipinski definition) is 0. The first kappa shape index (κ1) is 16.4. The number of hydrogen-bond acceptors (Lipinski definition) is 3. The van der Waals surface area contributed by atoms with Crippen molar-refractivity contribution >= 4 is 23.2 Å². The first-order valence-corrected chi connectivity index (χ1v) is 8.97. The predicted octanol–water partition coefficient (Wildman–Crippen LogP) is 4.17. The summed E-state index contributed by atoms with van der Waals surface area (Å²) in [6.45, 7) is 3.00. The number of halogens is 1. The molecule has 1 amide bonds. The van der Waals surface area contributed by atoms with Crippen molar-refractivity contribution in [2.45, 2.75) is 32.0 Å². The Labute approximate surface area is 152 Å². The maximum atomic E-state index is 13.2. The van der Waals surface area contributed by atoms with Crippen LogP contribution in [0.1, 0.15) is 30.1 Å². The molecule has 2 fully saturated rings. The summed E-state index contributed by atoms with van der Waals surface area (Å²) in [6, 6.07) is 13.7. The maximum Gasteiger partial charge on any atom is 0.246 e. The van der Waals surface area contributed by atoms with Crippen molar-refractivity contribution in [1.82, 2.24) is 4.90 Å². The van der Waals surface area contributed by atoms with Gasteiger partial charge in [0.05, 0.1) is 18.8 Å². The molecule has 4 nitrogen and oxygen atoms in total. The van der Waals surface area contributed by atoms with Crippen LogP contribution >= 0.6 is 11.6 Å². The van der Waals surface area contributed by atoms with Crippen LogP contribution in [0, 0.1) is 6.92 Å². The van der Waals surface area contributed by atoms with Gasteiger partial charge >= 0.3 is 0 Å². The zero-order chi connectivity index (χ0) is 17.6. The molecule has 0 spiro atoms. The van der Waals surface area contributed by atoms with Gasteiger partial charge in [-0.15, -0.1) is 0 Å². The molecule has 2 aliphatic heterocycles. The third kappa shape index (κ3) is 2.70. The Morgan fingerprint density at radius 1 is 1.20 bits per heavy atom. The molecule has 2 atom stereocenters. The molecular formula is C20H21ClN2O2. The predicted molar refractivity (Wildman–Crippen MR) is 99.1 cm³/mol. The van der Waals surface area contributed by atoms with E-state index in [1.165, 1.54) is 5.56 Å². The summed E-state index contributed by atoms with van der Waals surface area (Å²) < 4.78 is 5.52. The first-order chi connectivity index (χ1) is 12.1. The normalized spacial score (nSPS) is 23.2. The van der Waals surface area contributed by atoms with E-state index >= 15 is 0 Å². The van der Waals surface area contributed by atoms with Crippen LogP contribution in [0.5, 0.6) is 5.75 Å². The number of carbonyl (C=O) groups excluding carboxylic acids is 1. The number of rotatable bonds is 3. The smallest absolute Gasteiger partial charge is 0.246 e. The highest BCUT2D eigenvalue weighted by atomic mass is 35.5. The Morgan fingerprint density at radius 3 is 2.80 bits per heavy atom. The molecule has 4 rings (SSSR count). The molecular weight excluding hydrogens is 336 g/mol. The Bertz CT molecular complexity index is 823. The number of benzene rings is 2. The van der Waals surface area contributed by atoms with E-state index in [0.29, 0.717) is 10.8 Å². The second-order valence-electron chi connectivity index (χ2n) is 6.71. The number of carbonyl (C=O) groups is 1. The van der Waals surface area contributed by atoms with Crippen molar-refractivity contribution in [3.63, 3.8) is 0 Å². The van der Waals surface area contributed by atoms with Crippen molar-refractivity contribution < 1.29 is 9.53 Å². The zero-order valence-electron chi connectivity index (χ0n) is 14.4. The summed E-state index contributed by atoms with van der Waals surface area (Å²) >= 11 is 6.23. The van der Waals surface area contributed by atoms with Crippen LogP contribution in [0.4, 0.5) is 5.69 Å². The molecule has 5 heteroatoms. The van der Waals surface area contributed by atoms with Gasteiger partial charge in [-0.25, -0.2) is 0 Å². The van der Waals surface area contributed by atoms with Crippen LogP contribution < -0.4 is 9.64 Å². The van der Waals surface area contributed by atoms with Gasteiger partial charge in [0.2, 0.25) is 5.91 Å². The highest BCUT2D eigenvalue weighted by Crippen LogP contribution is 2.45. The lowest BCUT2D eigenvalue weighted by atomic mass is 10.1. The monoisotopic (exact) mass is 356 g/mol. The molecule has 0 aromatic heterocycles. The molecule has 2 aromatic carbocycles. The third-order valence-corrected chi connectivity index (χ3v) is 5.35. The number of anilines is 1. The van der Waals surface area contributed by atoms with E-state index in [2.05, 4.69) is 30.0 Å². The summed E-state index contributed by atoms with van der Waals surface area (Å²) in [4.78, 5) is 17.4. The van der Waals surface area contributed by atoms with Crippen molar-refractivity contribution in [3.05, 3.63) is 58.6 Å². The molecule has 130 valence electrons. The summed E-state index contributed by atoms with van der Waals surface area (Å²) in [5, 5.41) is 0.596. The topological polar surface area (TPSA) is 32.8 Å². The highest BCUT2D eigenvalue weighted by Gasteiger charge is 2.50. The SMILES string of the molecule is COc1ccc(Cl)cc1N1C(=O)C2CCCN2C1c1cccc(C)c1. The van der Waals surface area contributed by atoms with Crippen LogP contribution in [0.15, 0.2) is 42.5 Å². The lowest BCUT2D eigenvalue weighted by Gasteiger charge is -2.31. The summed E-state index contributed by atoms with van der Waals surface area (Å²) in [5.74, 6) is 0.793. The van der Waals surface area contributed by atoms with Crippen LogP contribution in [-0.4, -0.2) is 30.5 Å². The fourth-order valence-corrected chi connectivity index (χ4v) is 4.22. The molecule has 0 bridgehead atoms. The number of nitrogens with zero attached hydrogens (tertiary/aromatic N) is 2. The molecule has 0 aliphatic carbocycles. The van der Waals surface area contributed by atoms with Gasteiger partial charge < -0.3 is 4.74 Å². The van der Waals surface area contributed by atoms with Crippen molar-refractivity contribution in [2.75, 3.05) is 18.6 Å². The van der Waals surface area contributed by atoms with Gasteiger partial charge in [0.25, 0.3) is 0 Å². The molecule has 2 saturated heterocycles. The van der Waals surface area contributed by atoms with Crippen molar-refractivity contribution in [2.24, 2.45) is 0 Å². The van der Waals surface area contributed by atoms with E-state index in [1.807, 2.05) is 23.1 Å². The summed E-state index contributed by atoms with van der Waals surface area (Å²) in [5.41, 5.74) is 3.05. The molecule has 0 saturated carbocycles. The fourth-order valence-electron chi connectivity index (χ4n) is 4.05. The Kier molecular flexibility index (Phi) is 4.18. The van der Waals surface area contributed by atoms with Crippen LogP contribution in [0.2, 0.25) is 5.02 Å². The van der Waals surface area contributed by atoms with Gasteiger partial charge in [-0.3, -0.25) is 14.6 Å². The molecule has 0 radical (unpaired) electrons. The van der Waals surface area contributed by atoms with Gasteiger partial charge in [0.15, 0.2) is 0 Å². The molecule has 2 heterocycles. The van der Waals surface area contributed by atoms with Crippen LogP contribution in [0.25, 0.3) is 0 Å². The van der Waals surface area contributed by atoms with Crippen LogP contribution in [0.3, 0.4) is 0 Å². The van der Waals surface area contributed by atoms with Crippen molar-refractivity contribution in [1.29, 1.82) is 0 Å². The largest absolute Gasteiger partial charge is 0.495 e.